The molecule has 0 radical (unpaired) electrons. The summed E-state index contributed by atoms with van der Waals surface area (Å²) in [6.07, 6.45) is -2.43. The van der Waals surface area contributed by atoms with Crippen molar-refractivity contribution >= 4 is 18.3 Å². The van der Waals surface area contributed by atoms with Crippen molar-refractivity contribution in [1.82, 2.24) is 5.32 Å². The number of alkyl halides is 3. The second kappa shape index (κ2) is 9.28. The van der Waals surface area contributed by atoms with Gasteiger partial charge in [0.1, 0.15) is 0 Å². The summed E-state index contributed by atoms with van der Waals surface area (Å²) in [5, 5.41) is 2.84. The van der Waals surface area contributed by atoms with Gasteiger partial charge in [-0.2, -0.15) is 13.2 Å². The van der Waals surface area contributed by atoms with Gasteiger partial charge in [-0.15, -0.1) is 12.4 Å². The van der Waals surface area contributed by atoms with Crippen molar-refractivity contribution in [2.45, 2.75) is 51.7 Å². The predicted molar refractivity (Wildman–Crippen MR) is 92.1 cm³/mol. The Labute approximate surface area is 147 Å². The first-order valence-electron chi connectivity index (χ1n) is 7.84. The Morgan fingerprint density at radius 2 is 1.67 bits per heavy atom. The first-order valence-corrected chi connectivity index (χ1v) is 7.84. The molecule has 0 fully saturated rings. The third-order valence-corrected chi connectivity index (χ3v) is 4.29. The summed E-state index contributed by atoms with van der Waals surface area (Å²) >= 11 is 0. The zero-order valence-corrected chi connectivity index (χ0v) is 15.1. The maximum absolute atomic E-state index is 12.5. The summed E-state index contributed by atoms with van der Waals surface area (Å²) < 4.78 is 37.5. The van der Waals surface area contributed by atoms with E-state index < -0.39 is 17.3 Å². The molecule has 1 aromatic carbocycles. The van der Waals surface area contributed by atoms with E-state index >= 15 is 0 Å². The van der Waals surface area contributed by atoms with Crippen LogP contribution in [-0.2, 0) is 17.4 Å². The molecular formula is C17H26ClF3N2O. The van der Waals surface area contributed by atoms with Crippen LogP contribution in [0.1, 0.15) is 44.7 Å². The Balaban J connectivity index is 0.00000529. The van der Waals surface area contributed by atoms with Crippen LogP contribution < -0.4 is 11.1 Å². The van der Waals surface area contributed by atoms with Crippen LogP contribution in [0.2, 0.25) is 0 Å². The number of carbonyl (C=O) groups is 1. The second-order valence-electron chi connectivity index (χ2n) is 6.09. The second-order valence-corrected chi connectivity index (χ2v) is 6.09. The molecule has 24 heavy (non-hydrogen) atoms. The van der Waals surface area contributed by atoms with Crippen molar-refractivity contribution in [3.63, 3.8) is 0 Å². The smallest absolute Gasteiger partial charge is 0.354 e. The molecule has 1 aromatic rings. The Morgan fingerprint density at radius 1 is 1.17 bits per heavy atom. The van der Waals surface area contributed by atoms with Crippen LogP contribution in [0.3, 0.4) is 0 Å². The third-order valence-electron chi connectivity index (χ3n) is 4.29. The van der Waals surface area contributed by atoms with Crippen molar-refractivity contribution < 1.29 is 18.0 Å². The molecule has 0 spiro atoms. The van der Waals surface area contributed by atoms with Gasteiger partial charge in [-0.3, -0.25) is 4.79 Å². The summed E-state index contributed by atoms with van der Waals surface area (Å²) in [4.78, 5) is 12.1. The summed E-state index contributed by atoms with van der Waals surface area (Å²) in [5.41, 5.74) is 5.74. The minimum atomic E-state index is -4.34. The average Bonchev–Trinajstić information content (AvgIpc) is 2.51. The number of rotatable bonds is 7. The number of carbonyl (C=O) groups excluding carboxylic acids is 1. The molecule has 7 heteroatoms. The van der Waals surface area contributed by atoms with Gasteiger partial charge in [-0.1, -0.05) is 32.9 Å². The molecule has 0 aliphatic carbocycles. The number of halogens is 4. The molecule has 0 bridgehead atoms. The van der Waals surface area contributed by atoms with Gasteiger partial charge >= 0.3 is 6.18 Å². The van der Waals surface area contributed by atoms with Crippen LogP contribution in [0, 0.1) is 5.92 Å². The van der Waals surface area contributed by atoms with Gasteiger partial charge in [0.25, 0.3) is 0 Å². The van der Waals surface area contributed by atoms with Gasteiger partial charge in [0.15, 0.2) is 0 Å². The highest BCUT2D eigenvalue weighted by molar-refractivity contribution is 5.85. The lowest BCUT2D eigenvalue weighted by Crippen LogP contribution is -2.50. The Kier molecular flexibility index (Phi) is 8.78. The van der Waals surface area contributed by atoms with E-state index in [-0.39, 0.29) is 24.2 Å². The van der Waals surface area contributed by atoms with Gasteiger partial charge in [0.05, 0.1) is 5.56 Å². The summed E-state index contributed by atoms with van der Waals surface area (Å²) in [5.74, 6) is -0.466. The highest BCUT2D eigenvalue weighted by Crippen LogP contribution is 2.29. The number of amides is 1. The highest BCUT2D eigenvalue weighted by Gasteiger charge is 2.30. The first kappa shape index (κ1) is 22.7. The quantitative estimate of drug-likeness (QED) is 0.768. The van der Waals surface area contributed by atoms with Crippen molar-refractivity contribution in [2.75, 3.05) is 6.54 Å². The van der Waals surface area contributed by atoms with E-state index in [0.29, 0.717) is 18.5 Å². The normalized spacial score (nSPS) is 13.1. The highest BCUT2D eigenvalue weighted by atomic mass is 35.5. The fourth-order valence-electron chi connectivity index (χ4n) is 2.21. The average molecular weight is 367 g/mol. The van der Waals surface area contributed by atoms with E-state index in [1.807, 2.05) is 13.8 Å². The standard InChI is InChI=1S/C17H25F3N2O.ClH/c1-4-16(21,5-2)11-22-15(23)12(3)10-13-6-8-14(9-7-13)17(18,19)20;/h6-9,12H,4-5,10-11,21H2,1-3H3,(H,22,23);1H. The summed E-state index contributed by atoms with van der Waals surface area (Å²) in [6.45, 7) is 6.10. The molecule has 1 amide bonds. The zero-order valence-electron chi connectivity index (χ0n) is 14.2. The Hall–Kier alpha value is -1.27. The van der Waals surface area contributed by atoms with Crippen LogP contribution in [0.15, 0.2) is 24.3 Å². The molecule has 0 aliphatic heterocycles. The van der Waals surface area contributed by atoms with Gasteiger partial charge in [-0.05, 0) is 37.0 Å². The molecule has 3 N–H and O–H groups in total. The van der Waals surface area contributed by atoms with E-state index in [4.69, 9.17) is 5.73 Å². The topological polar surface area (TPSA) is 55.1 Å². The molecule has 138 valence electrons. The molecule has 0 saturated carbocycles. The molecular weight excluding hydrogens is 341 g/mol. The summed E-state index contributed by atoms with van der Waals surface area (Å²) in [6, 6.07) is 4.91. The number of hydrogen-bond acceptors (Lipinski definition) is 2. The van der Waals surface area contributed by atoms with E-state index in [1.165, 1.54) is 12.1 Å². The van der Waals surface area contributed by atoms with Crippen LogP contribution >= 0.6 is 12.4 Å². The van der Waals surface area contributed by atoms with Gasteiger partial charge in [-0.25, -0.2) is 0 Å². The van der Waals surface area contributed by atoms with Crippen LogP contribution in [-0.4, -0.2) is 18.0 Å². The fraction of sp³-hybridized carbons (Fsp3) is 0.588. The molecule has 3 nitrogen and oxygen atoms in total. The van der Waals surface area contributed by atoms with Gasteiger partial charge in [0, 0.05) is 18.0 Å². The van der Waals surface area contributed by atoms with Crippen molar-refractivity contribution in [3.05, 3.63) is 35.4 Å². The summed E-state index contributed by atoms with van der Waals surface area (Å²) in [7, 11) is 0. The molecule has 1 unspecified atom stereocenters. The molecule has 1 rings (SSSR count). The minimum absolute atomic E-state index is 0. The van der Waals surface area contributed by atoms with E-state index in [1.54, 1.807) is 6.92 Å². The molecule has 1 atom stereocenters. The van der Waals surface area contributed by atoms with Crippen molar-refractivity contribution in [3.8, 4) is 0 Å². The SMILES string of the molecule is CCC(N)(CC)CNC(=O)C(C)Cc1ccc(C(F)(F)F)cc1.Cl. The van der Waals surface area contributed by atoms with E-state index in [2.05, 4.69) is 5.32 Å². The molecule has 0 aliphatic rings. The lowest BCUT2D eigenvalue weighted by Gasteiger charge is -2.27. The third kappa shape index (κ3) is 6.69. The fourth-order valence-corrected chi connectivity index (χ4v) is 2.21. The maximum Gasteiger partial charge on any atom is 0.416 e. The van der Waals surface area contributed by atoms with Crippen molar-refractivity contribution in [2.24, 2.45) is 11.7 Å². The molecule has 0 aromatic heterocycles. The molecule has 0 heterocycles. The Bertz CT molecular complexity index is 514. The number of benzene rings is 1. The number of hydrogen-bond donors (Lipinski definition) is 2. The van der Waals surface area contributed by atoms with Crippen LogP contribution in [0.4, 0.5) is 13.2 Å². The minimum Gasteiger partial charge on any atom is -0.354 e. The largest absolute Gasteiger partial charge is 0.416 e. The molecule has 0 saturated heterocycles. The number of nitrogens with one attached hydrogen (secondary N) is 1. The van der Waals surface area contributed by atoms with Crippen LogP contribution in [0.25, 0.3) is 0 Å². The van der Waals surface area contributed by atoms with Crippen LogP contribution in [0.5, 0.6) is 0 Å². The zero-order chi connectivity index (χ0) is 17.7. The predicted octanol–water partition coefficient (Wildman–Crippen LogP) is 3.94. The lowest BCUT2D eigenvalue weighted by molar-refractivity contribution is -0.137. The number of nitrogens with two attached hydrogens (primary N) is 1. The van der Waals surface area contributed by atoms with E-state index in [9.17, 15) is 18.0 Å². The first-order chi connectivity index (χ1) is 10.6. The lowest BCUT2D eigenvalue weighted by atomic mass is 9.93. The van der Waals surface area contributed by atoms with Gasteiger partial charge < -0.3 is 11.1 Å². The van der Waals surface area contributed by atoms with Crippen molar-refractivity contribution in [1.29, 1.82) is 0 Å². The monoisotopic (exact) mass is 366 g/mol. The van der Waals surface area contributed by atoms with Gasteiger partial charge in [0.2, 0.25) is 5.91 Å². The van der Waals surface area contributed by atoms with E-state index in [0.717, 1.165) is 25.0 Å². The maximum atomic E-state index is 12.5. The Morgan fingerprint density at radius 3 is 2.08 bits per heavy atom.